The van der Waals surface area contributed by atoms with Gasteiger partial charge in [0.15, 0.2) is 0 Å². The van der Waals surface area contributed by atoms with Crippen molar-refractivity contribution in [2.24, 2.45) is 0 Å². The topological polar surface area (TPSA) is 17.1 Å². The monoisotopic (exact) mass is 178 g/mol. The molecule has 1 atom stereocenters. The Morgan fingerprint density at radius 3 is 2.50 bits per heavy atom. The van der Waals surface area contributed by atoms with E-state index in [4.69, 9.17) is 0 Å². The highest BCUT2D eigenvalue weighted by molar-refractivity contribution is 7.74. The molecule has 0 aromatic heterocycles. The van der Waals surface area contributed by atoms with Crippen LogP contribution < -0.4 is 5.30 Å². The van der Waals surface area contributed by atoms with E-state index in [1.54, 1.807) is 0 Å². The standard InChI is InChI=1S/C10H11OP/c11-12(8-4-5-9-12)10-6-2-1-3-7-10/h1-4,6-8H,5,9H2. The van der Waals surface area contributed by atoms with Crippen molar-refractivity contribution in [2.75, 3.05) is 6.16 Å². The number of hydrogen-bond acceptors (Lipinski definition) is 1. The summed E-state index contributed by atoms with van der Waals surface area (Å²) in [7, 11) is -2.10. The molecule has 0 amide bonds. The van der Waals surface area contributed by atoms with Gasteiger partial charge in [0.05, 0.1) is 0 Å². The Morgan fingerprint density at radius 2 is 1.92 bits per heavy atom. The minimum absolute atomic E-state index is 0.816. The van der Waals surface area contributed by atoms with Gasteiger partial charge in [0.2, 0.25) is 0 Å². The predicted molar refractivity (Wildman–Crippen MR) is 52.3 cm³/mol. The Morgan fingerprint density at radius 1 is 1.17 bits per heavy atom. The number of benzene rings is 1. The Bertz CT molecular complexity index is 340. The molecule has 0 radical (unpaired) electrons. The summed E-state index contributed by atoms with van der Waals surface area (Å²) in [5.41, 5.74) is 0. The lowest BCUT2D eigenvalue weighted by molar-refractivity contribution is 0.587. The fourth-order valence-electron chi connectivity index (χ4n) is 1.48. The molecular formula is C10H11OP. The van der Waals surface area contributed by atoms with E-state index in [0.717, 1.165) is 17.9 Å². The SMILES string of the molecule is O=P1(c2ccccc2)C=CCC1. The Hall–Kier alpha value is -0.810. The van der Waals surface area contributed by atoms with Crippen molar-refractivity contribution in [3.8, 4) is 0 Å². The first-order valence-corrected chi connectivity index (χ1v) is 6.09. The lowest BCUT2D eigenvalue weighted by atomic mass is 10.4. The molecule has 62 valence electrons. The molecule has 0 N–H and O–H groups in total. The average Bonchev–Trinajstić information content (AvgIpc) is 2.55. The van der Waals surface area contributed by atoms with Crippen molar-refractivity contribution in [3.63, 3.8) is 0 Å². The molecule has 2 heteroatoms. The summed E-state index contributed by atoms with van der Waals surface area (Å²) >= 11 is 0. The highest BCUT2D eigenvalue weighted by Crippen LogP contribution is 2.50. The molecule has 1 heterocycles. The summed E-state index contributed by atoms with van der Waals surface area (Å²) in [5, 5.41) is 0.999. The van der Waals surface area contributed by atoms with Crippen molar-refractivity contribution in [1.82, 2.24) is 0 Å². The van der Waals surface area contributed by atoms with Crippen LogP contribution in [0.2, 0.25) is 0 Å². The van der Waals surface area contributed by atoms with Crippen molar-refractivity contribution in [1.29, 1.82) is 0 Å². The molecule has 1 nitrogen and oxygen atoms in total. The summed E-state index contributed by atoms with van der Waals surface area (Å²) in [5.74, 6) is 1.89. The van der Waals surface area contributed by atoms with E-state index in [-0.39, 0.29) is 0 Å². The second kappa shape index (κ2) is 2.91. The molecule has 1 aliphatic rings. The molecule has 1 aromatic rings. The molecule has 1 unspecified atom stereocenters. The summed E-state index contributed by atoms with van der Waals surface area (Å²) < 4.78 is 12.1. The van der Waals surface area contributed by atoms with Crippen molar-refractivity contribution < 1.29 is 4.57 Å². The largest absolute Gasteiger partial charge is 0.314 e. The molecule has 1 aliphatic heterocycles. The molecule has 0 saturated carbocycles. The number of hydrogen-bond donors (Lipinski definition) is 0. The molecule has 0 spiro atoms. The molecular weight excluding hydrogens is 167 g/mol. The zero-order chi connectivity index (χ0) is 8.44. The van der Waals surface area contributed by atoms with Crippen molar-refractivity contribution in [2.45, 2.75) is 6.42 Å². The molecule has 0 fully saturated rings. The van der Waals surface area contributed by atoms with E-state index >= 15 is 0 Å². The Kier molecular flexibility index (Phi) is 1.90. The van der Waals surface area contributed by atoms with Crippen LogP contribution in [0.5, 0.6) is 0 Å². The third-order valence-corrected chi connectivity index (χ3v) is 4.95. The fraction of sp³-hybridized carbons (Fsp3) is 0.200. The molecule has 0 saturated heterocycles. The van der Waals surface area contributed by atoms with Crippen LogP contribution in [0.4, 0.5) is 0 Å². The second-order valence-corrected chi connectivity index (χ2v) is 5.88. The highest BCUT2D eigenvalue weighted by atomic mass is 31.2. The van der Waals surface area contributed by atoms with Crippen LogP contribution in [-0.2, 0) is 4.57 Å². The van der Waals surface area contributed by atoms with Gasteiger partial charge in [0.1, 0.15) is 7.14 Å². The van der Waals surface area contributed by atoms with Crippen LogP contribution in [0, 0.1) is 0 Å². The second-order valence-electron chi connectivity index (χ2n) is 3.03. The maximum atomic E-state index is 12.1. The van der Waals surface area contributed by atoms with Gasteiger partial charge in [0, 0.05) is 11.5 Å². The Balaban J connectivity index is 2.43. The molecule has 0 bridgehead atoms. The zero-order valence-electron chi connectivity index (χ0n) is 6.81. The zero-order valence-corrected chi connectivity index (χ0v) is 7.71. The van der Waals surface area contributed by atoms with Crippen LogP contribution in [0.25, 0.3) is 0 Å². The van der Waals surface area contributed by atoms with E-state index in [1.807, 2.05) is 42.2 Å². The van der Waals surface area contributed by atoms with Crippen LogP contribution in [-0.4, -0.2) is 6.16 Å². The highest BCUT2D eigenvalue weighted by Gasteiger charge is 2.23. The minimum atomic E-state index is -2.10. The number of rotatable bonds is 1. The first-order valence-electron chi connectivity index (χ1n) is 4.13. The third kappa shape index (κ3) is 1.25. The normalized spacial score (nSPS) is 27.7. The quantitative estimate of drug-likeness (QED) is 0.604. The van der Waals surface area contributed by atoms with Crippen molar-refractivity contribution >= 4 is 12.4 Å². The van der Waals surface area contributed by atoms with Gasteiger partial charge in [-0.2, -0.15) is 0 Å². The maximum absolute atomic E-state index is 12.1. The summed E-state index contributed by atoms with van der Waals surface area (Å²) in [6.45, 7) is 0. The lowest BCUT2D eigenvalue weighted by Crippen LogP contribution is -2.01. The van der Waals surface area contributed by atoms with Gasteiger partial charge >= 0.3 is 0 Å². The first-order chi connectivity index (χ1) is 5.81. The minimum Gasteiger partial charge on any atom is -0.314 e. The molecule has 2 rings (SSSR count). The van der Waals surface area contributed by atoms with Crippen molar-refractivity contribution in [3.05, 3.63) is 42.2 Å². The smallest absolute Gasteiger partial charge is 0.136 e. The third-order valence-electron chi connectivity index (χ3n) is 2.17. The van der Waals surface area contributed by atoms with E-state index in [0.29, 0.717) is 0 Å². The summed E-state index contributed by atoms with van der Waals surface area (Å²) in [4.78, 5) is 0. The maximum Gasteiger partial charge on any atom is 0.136 e. The molecule has 0 aliphatic carbocycles. The molecule has 12 heavy (non-hydrogen) atoms. The summed E-state index contributed by atoms with van der Waals surface area (Å²) in [6.07, 6.45) is 3.80. The van der Waals surface area contributed by atoms with E-state index in [1.165, 1.54) is 0 Å². The first kappa shape index (κ1) is 7.82. The van der Waals surface area contributed by atoms with Crippen LogP contribution >= 0.6 is 7.14 Å². The lowest BCUT2D eigenvalue weighted by Gasteiger charge is -2.08. The van der Waals surface area contributed by atoms with Crippen LogP contribution in [0.15, 0.2) is 42.2 Å². The van der Waals surface area contributed by atoms with Crippen LogP contribution in [0.3, 0.4) is 0 Å². The molecule has 1 aromatic carbocycles. The fourth-order valence-corrected chi connectivity index (χ4v) is 3.76. The van der Waals surface area contributed by atoms with Gasteiger partial charge in [-0.15, -0.1) is 0 Å². The van der Waals surface area contributed by atoms with E-state index in [2.05, 4.69) is 0 Å². The van der Waals surface area contributed by atoms with Gasteiger partial charge in [-0.1, -0.05) is 36.4 Å². The Labute approximate surface area is 72.5 Å². The summed E-state index contributed by atoms with van der Waals surface area (Å²) in [6, 6.07) is 9.75. The van der Waals surface area contributed by atoms with Gasteiger partial charge in [-0.3, -0.25) is 0 Å². The number of allylic oxidation sites excluding steroid dienone is 1. The average molecular weight is 178 g/mol. The predicted octanol–water partition coefficient (Wildman–Crippen LogP) is 2.59. The van der Waals surface area contributed by atoms with Gasteiger partial charge in [-0.25, -0.2) is 0 Å². The van der Waals surface area contributed by atoms with E-state index in [9.17, 15) is 4.57 Å². The van der Waals surface area contributed by atoms with Gasteiger partial charge in [-0.05, 0) is 12.2 Å². The van der Waals surface area contributed by atoms with E-state index < -0.39 is 7.14 Å². The van der Waals surface area contributed by atoms with Gasteiger partial charge < -0.3 is 4.57 Å². The van der Waals surface area contributed by atoms with Gasteiger partial charge in [0.25, 0.3) is 0 Å². The van der Waals surface area contributed by atoms with Crippen LogP contribution in [0.1, 0.15) is 6.42 Å².